The molecule has 5 rings (SSSR count). The van der Waals surface area contributed by atoms with Crippen molar-refractivity contribution < 1.29 is 13.9 Å². The normalized spacial score (nSPS) is 24.9. The van der Waals surface area contributed by atoms with Crippen LogP contribution in [-0.2, 0) is 10.3 Å². The maximum absolute atomic E-state index is 13.7. The summed E-state index contributed by atoms with van der Waals surface area (Å²) in [6.45, 7) is 2.50. The molecule has 0 aromatic heterocycles. The summed E-state index contributed by atoms with van der Waals surface area (Å²) in [7, 11) is 1.68. The van der Waals surface area contributed by atoms with Gasteiger partial charge in [-0.1, -0.05) is 43.5 Å². The van der Waals surface area contributed by atoms with Crippen molar-refractivity contribution in [1.82, 2.24) is 10.2 Å². The summed E-state index contributed by atoms with van der Waals surface area (Å²) in [5.74, 6) is 1.06. The van der Waals surface area contributed by atoms with Crippen LogP contribution >= 0.6 is 0 Å². The van der Waals surface area contributed by atoms with Gasteiger partial charge in [0.15, 0.2) is 0 Å². The molecule has 2 aromatic carbocycles. The summed E-state index contributed by atoms with van der Waals surface area (Å²) in [4.78, 5) is 15.7. The van der Waals surface area contributed by atoms with Crippen molar-refractivity contribution in [2.75, 3.05) is 26.7 Å². The Balaban J connectivity index is 1.40. The highest BCUT2D eigenvalue weighted by molar-refractivity contribution is 5.86. The van der Waals surface area contributed by atoms with E-state index in [0.29, 0.717) is 6.54 Å². The summed E-state index contributed by atoms with van der Waals surface area (Å²) < 4.78 is 19.0. The number of carbonyl (C=O) groups excluding carboxylic acids is 1. The molecule has 0 radical (unpaired) electrons. The number of hydrogen-bond acceptors (Lipinski definition) is 3. The van der Waals surface area contributed by atoms with Crippen molar-refractivity contribution in [2.24, 2.45) is 5.41 Å². The number of hydrogen-bond donors (Lipinski definition) is 1. The Kier molecular flexibility index (Phi) is 5.70. The maximum Gasteiger partial charge on any atom is 0.227 e. The van der Waals surface area contributed by atoms with Crippen molar-refractivity contribution in [3.05, 3.63) is 65.5 Å². The minimum atomic E-state index is -0.344. The van der Waals surface area contributed by atoms with Gasteiger partial charge in [-0.25, -0.2) is 4.39 Å². The van der Waals surface area contributed by atoms with Crippen molar-refractivity contribution in [2.45, 2.75) is 56.4 Å². The Morgan fingerprint density at radius 1 is 0.938 bits per heavy atom. The maximum atomic E-state index is 13.7. The Hall–Kier alpha value is -2.40. The second-order valence-electron chi connectivity index (χ2n) is 9.78. The molecule has 1 aliphatic carbocycles. The average molecular weight is 437 g/mol. The SMILES string of the molecule is COc1ccc(C2CNC(=O)C23CCN(C2(c4ccc(F)cc4)CCCCC2)CC3)cc1. The monoisotopic (exact) mass is 436 g/mol. The number of ether oxygens (including phenoxy) is 1. The highest BCUT2D eigenvalue weighted by Crippen LogP contribution is 2.51. The average Bonchev–Trinajstić information content (AvgIpc) is 3.15. The molecule has 3 fully saturated rings. The van der Waals surface area contributed by atoms with E-state index in [9.17, 15) is 9.18 Å². The number of methoxy groups -OCH3 is 1. The summed E-state index contributed by atoms with van der Waals surface area (Å²) >= 11 is 0. The third-order valence-electron chi connectivity index (χ3n) is 8.43. The predicted octanol–water partition coefficient (Wildman–Crippen LogP) is 4.99. The number of nitrogens with one attached hydrogen (secondary N) is 1. The molecule has 2 saturated heterocycles. The number of halogens is 1. The molecule has 32 heavy (non-hydrogen) atoms. The molecule has 1 unspecified atom stereocenters. The number of amides is 1. The van der Waals surface area contributed by atoms with Crippen LogP contribution in [0.1, 0.15) is 62.0 Å². The lowest BCUT2D eigenvalue weighted by Gasteiger charge is -2.52. The largest absolute Gasteiger partial charge is 0.497 e. The number of benzene rings is 2. The van der Waals surface area contributed by atoms with Crippen molar-refractivity contribution >= 4 is 5.91 Å². The van der Waals surface area contributed by atoms with Crippen LogP contribution in [0.25, 0.3) is 0 Å². The molecular weight excluding hydrogens is 403 g/mol. The summed E-state index contributed by atoms with van der Waals surface area (Å²) in [6.07, 6.45) is 7.61. The van der Waals surface area contributed by atoms with Crippen LogP contribution in [0, 0.1) is 11.2 Å². The molecule has 2 heterocycles. The van der Waals surface area contributed by atoms with Crippen LogP contribution in [0.2, 0.25) is 0 Å². The summed E-state index contributed by atoms with van der Waals surface area (Å²) in [5, 5.41) is 3.17. The van der Waals surface area contributed by atoms with E-state index < -0.39 is 0 Å². The minimum absolute atomic E-state index is 0.0295. The van der Waals surface area contributed by atoms with Crippen molar-refractivity contribution in [3.63, 3.8) is 0 Å². The standard InChI is InChI=1S/C27H33FN2O2/c1-32-23-11-5-20(6-12-23)24-19-29-25(31)26(24)15-17-30(18-16-26)27(13-3-2-4-14-27)21-7-9-22(28)10-8-21/h5-12,24H,2-4,13-19H2,1H3,(H,29,31). The second-order valence-corrected chi connectivity index (χ2v) is 9.78. The quantitative estimate of drug-likeness (QED) is 0.734. The van der Waals surface area contributed by atoms with Gasteiger partial charge in [0.05, 0.1) is 12.5 Å². The van der Waals surface area contributed by atoms with Gasteiger partial charge in [0, 0.05) is 31.1 Å². The first kappa shape index (κ1) is 21.4. The van der Waals surface area contributed by atoms with Crippen molar-refractivity contribution in [1.29, 1.82) is 0 Å². The van der Waals surface area contributed by atoms with Gasteiger partial charge in [-0.3, -0.25) is 9.69 Å². The van der Waals surface area contributed by atoms with E-state index in [0.717, 1.165) is 44.5 Å². The zero-order chi connectivity index (χ0) is 22.2. The van der Waals surface area contributed by atoms with E-state index in [4.69, 9.17) is 4.74 Å². The molecule has 1 spiro atoms. The minimum Gasteiger partial charge on any atom is -0.497 e. The van der Waals surface area contributed by atoms with Crippen molar-refractivity contribution in [3.8, 4) is 5.75 Å². The molecule has 5 heteroatoms. The van der Waals surface area contributed by atoms with Gasteiger partial charge < -0.3 is 10.1 Å². The fourth-order valence-corrected chi connectivity index (χ4v) is 6.59. The lowest BCUT2D eigenvalue weighted by atomic mass is 9.66. The molecule has 3 aliphatic rings. The van der Waals surface area contributed by atoms with Gasteiger partial charge >= 0.3 is 0 Å². The summed E-state index contributed by atoms with van der Waals surface area (Å²) in [6, 6.07) is 15.4. The van der Waals surface area contributed by atoms with Crippen LogP contribution in [0.5, 0.6) is 5.75 Å². The number of nitrogens with zero attached hydrogens (tertiary/aromatic N) is 1. The van der Waals surface area contributed by atoms with E-state index >= 15 is 0 Å². The molecule has 1 atom stereocenters. The number of likely N-dealkylation sites (tertiary alicyclic amines) is 1. The zero-order valence-corrected chi connectivity index (χ0v) is 18.9. The van der Waals surface area contributed by atoms with E-state index in [1.54, 1.807) is 19.2 Å². The molecule has 4 nitrogen and oxygen atoms in total. The third kappa shape index (κ3) is 3.51. The van der Waals surface area contributed by atoms with Gasteiger partial charge in [0.25, 0.3) is 0 Å². The Labute approximate surface area is 190 Å². The van der Waals surface area contributed by atoms with Crippen LogP contribution in [0.15, 0.2) is 48.5 Å². The summed E-state index contributed by atoms with van der Waals surface area (Å²) in [5.41, 5.74) is 2.07. The molecule has 2 aromatic rings. The van der Waals surface area contributed by atoms with Gasteiger partial charge in [-0.2, -0.15) is 0 Å². The Morgan fingerprint density at radius 3 is 2.22 bits per heavy atom. The number of carbonyl (C=O) groups is 1. The van der Waals surface area contributed by atoms with E-state index in [2.05, 4.69) is 22.3 Å². The highest BCUT2D eigenvalue weighted by Gasteiger charge is 2.54. The Morgan fingerprint density at radius 2 is 1.59 bits per heavy atom. The first-order valence-corrected chi connectivity index (χ1v) is 12.0. The third-order valence-corrected chi connectivity index (χ3v) is 8.43. The van der Waals surface area contributed by atoms with E-state index in [1.165, 1.54) is 30.4 Å². The molecule has 170 valence electrons. The van der Waals surface area contributed by atoms with Crippen LogP contribution in [-0.4, -0.2) is 37.6 Å². The van der Waals surface area contributed by atoms with Crippen LogP contribution < -0.4 is 10.1 Å². The van der Waals surface area contributed by atoms with Gasteiger partial charge in [-0.15, -0.1) is 0 Å². The second kappa shape index (κ2) is 8.51. The van der Waals surface area contributed by atoms with Gasteiger partial charge in [0.2, 0.25) is 5.91 Å². The van der Waals surface area contributed by atoms with E-state index in [-0.39, 0.29) is 28.6 Å². The van der Waals surface area contributed by atoms with E-state index in [1.807, 2.05) is 24.3 Å². The van der Waals surface area contributed by atoms with Crippen LogP contribution in [0.4, 0.5) is 4.39 Å². The topological polar surface area (TPSA) is 41.6 Å². The fourth-order valence-electron chi connectivity index (χ4n) is 6.59. The molecule has 2 aliphatic heterocycles. The molecule has 1 saturated carbocycles. The molecular formula is C27H33FN2O2. The smallest absolute Gasteiger partial charge is 0.227 e. The lowest BCUT2D eigenvalue weighted by molar-refractivity contribution is -0.132. The Bertz CT molecular complexity index is 943. The zero-order valence-electron chi connectivity index (χ0n) is 18.9. The van der Waals surface area contributed by atoms with Gasteiger partial charge in [-0.05, 0) is 61.1 Å². The number of piperidine rings is 1. The fraction of sp³-hybridized carbons (Fsp3) is 0.519. The van der Waals surface area contributed by atoms with Crippen LogP contribution in [0.3, 0.4) is 0 Å². The number of rotatable bonds is 4. The predicted molar refractivity (Wildman–Crippen MR) is 123 cm³/mol. The first-order valence-electron chi connectivity index (χ1n) is 12.0. The first-order chi connectivity index (χ1) is 15.6. The van der Waals surface area contributed by atoms with Gasteiger partial charge in [0.1, 0.15) is 11.6 Å². The molecule has 1 amide bonds. The lowest BCUT2D eigenvalue weighted by Crippen LogP contribution is -2.54. The molecule has 0 bridgehead atoms. The highest BCUT2D eigenvalue weighted by atomic mass is 19.1. The molecule has 1 N–H and O–H groups in total.